The van der Waals surface area contributed by atoms with Crippen molar-refractivity contribution in [3.05, 3.63) is 186 Å². The van der Waals surface area contributed by atoms with E-state index in [4.69, 9.17) is 23.4 Å². The monoisotopic (exact) mass is 752 g/mol. The molecule has 1 aliphatic carbocycles. The largest absolute Gasteiger partial charge is 0.486 e. The maximum absolute atomic E-state index is 8.93. The van der Waals surface area contributed by atoms with E-state index in [1.807, 2.05) is 60.8 Å². The molecule has 0 bridgehead atoms. The van der Waals surface area contributed by atoms with Crippen LogP contribution >= 0.6 is 0 Å². The molecule has 6 aromatic carbocycles. The van der Waals surface area contributed by atoms with Gasteiger partial charge < -0.3 is 15.0 Å². The van der Waals surface area contributed by atoms with E-state index in [2.05, 4.69) is 73.1 Å². The molecular weight excluding hydrogens is 697 g/mol. The fourth-order valence-electron chi connectivity index (χ4n) is 7.53. The van der Waals surface area contributed by atoms with Crippen LogP contribution in [0.2, 0.25) is 0 Å². The number of nitrogens with zero attached hydrogens (tertiary/aromatic N) is 3. The highest BCUT2D eigenvalue weighted by atomic mass is 16.5. The van der Waals surface area contributed by atoms with Crippen molar-refractivity contribution in [3.8, 4) is 33.8 Å². The van der Waals surface area contributed by atoms with Crippen molar-refractivity contribution in [1.29, 1.82) is 0 Å². The van der Waals surface area contributed by atoms with E-state index in [9.17, 15) is 0 Å². The first kappa shape index (κ1) is 26.1. The second kappa shape index (κ2) is 15.0. The Bertz CT molecular complexity index is 3290. The Morgan fingerprint density at radius 1 is 0.772 bits per heavy atom. The Morgan fingerprint density at radius 2 is 1.46 bits per heavy atom. The van der Waals surface area contributed by atoms with Crippen LogP contribution in [0.5, 0.6) is 5.75 Å². The van der Waals surface area contributed by atoms with Gasteiger partial charge >= 0.3 is 0 Å². The highest BCUT2D eigenvalue weighted by molar-refractivity contribution is 5.95. The van der Waals surface area contributed by atoms with Crippen LogP contribution in [0.15, 0.2) is 170 Å². The number of hydrogen-bond acceptors (Lipinski definition) is 4. The molecule has 280 valence electrons. The highest BCUT2D eigenvalue weighted by Crippen LogP contribution is 2.44. The average molecular weight is 753 g/mol. The van der Waals surface area contributed by atoms with Gasteiger partial charge in [-0.3, -0.25) is 4.57 Å². The summed E-state index contributed by atoms with van der Waals surface area (Å²) in [6.45, 7) is 6.57. The molecule has 8 aromatic rings. The molecule has 9 rings (SSSR count). The molecule has 0 spiro atoms. The molecular formula is C52H46N4O. The summed E-state index contributed by atoms with van der Waals surface area (Å²) in [6.07, 6.45) is 6.59. The normalized spacial score (nSPS) is 16.1. The second-order valence-corrected chi connectivity index (χ2v) is 15.0. The summed E-state index contributed by atoms with van der Waals surface area (Å²) in [5, 5.41) is 6.81. The minimum absolute atomic E-state index is 0.0626. The molecule has 0 amide bonds. The molecule has 57 heavy (non-hydrogen) atoms. The lowest BCUT2D eigenvalue weighted by molar-refractivity contribution is 0.269. The molecule has 0 radical (unpaired) electrons. The van der Waals surface area contributed by atoms with Crippen LogP contribution in [-0.4, -0.2) is 22.7 Å². The SMILES string of the molecule is [2H]c1c([2H])c([2H])c(-c2cccc(-c3c([2H])c([2H])c([2H])c([2H])c3[2H])c2N(C)c2ccccc2Nc2cccc(OC3C=c4c(c5ccccc5n4-c4cc(C(C)(C)C)ccn4)=CC3)c2)c([2H])c1[2H]. The van der Waals surface area contributed by atoms with Gasteiger partial charge in [0.15, 0.2) is 0 Å². The Hall–Kier alpha value is -6.85. The number of para-hydroxylation sites is 4. The van der Waals surface area contributed by atoms with Crippen LogP contribution in [0.4, 0.5) is 22.7 Å². The zero-order valence-corrected chi connectivity index (χ0v) is 32.1. The molecule has 1 N–H and O–H groups in total. The van der Waals surface area contributed by atoms with Crippen LogP contribution in [-0.2, 0) is 5.41 Å². The summed E-state index contributed by atoms with van der Waals surface area (Å²) in [4.78, 5) is 6.57. The number of fused-ring (bicyclic) bond motifs is 3. The van der Waals surface area contributed by atoms with Crippen molar-refractivity contribution in [2.75, 3.05) is 17.3 Å². The predicted octanol–water partition coefficient (Wildman–Crippen LogP) is 11.6. The molecule has 0 aliphatic heterocycles. The van der Waals surface area contributed by atoms with Crippen molar-refractivity contribution >= 4 is 45.8 Å². The number of benzene rings is 6. The molecule has 1 unspecified atom stereocenters. The van der Waals surface area contributed by atoms with Gasteiger partial charge in [-0.25, -0.2) is 4.98 Å². The predicted molar refractivity (Wildman–Crippen MR) is 239 cm³/mol. The zero-order valence-electron chi connectivity index (χ0n) is 42.1. The lowest BCUT2D eigenvalue weighted by Gasteiger charge is -2.28. The minimum Gasteiger partial charge on any atom is -0.486 e. The van der Waals surface area contributed by atoms with E-state index >= 15 is 0 Å². The number of anilines is 4. The number of ether oxygens (including phenoxy) is 1. The van der Waals surface area contributed by atoms with E-state index in [0.29, 0.717) is 29.2 Å². The molecule has 0 fully saturated rings. The fourth-order valence-corrected chi connectivity index (χ4v) is 7.53. The lowest BCUT2D eigenvalue weighted by Crippen LogP contribution is -2.35. The van der Waals surface area contributed by atoms with Crippen molar-refractivity contribution in [2.45, 2.75) is 38.7 Å². The van der Waals surface area contributed by atoms with E-state index < -0.39 is 60.4 Å². The van der Waals surface area contributed by atoms with Gasteiger partial charge in [0.2, 0.25) is 0 Å². The summed E-state index contributed by atoms with van der Waals surface area (Å²) in [7, 11) is 1.73. The van der Waals surface area contributed by atoms with E-state index in [1.54, 1.807) is 30.1 Å². The van der Waals surface area contributed by atoms with Gasteiger partial charge in [0.1, 0.15) is 17.7 Å². The number of pyridine rings is 1. The van der Waals surface area contributed by atoms with Gasteiger partial charge in [-0.1, -0.05) is 142 Å². The van der Waals surface area contributed by atoms with Crippen LogP contribution < -0.4 is 25.5 Å². The number of hydrogen-bond donors (Lipinski definition) is 1. The van der Waals surface area contributed by atoms with E-state index in [1.165, 1.54) is 5.56 Å². The molecule has 0 saturated heterocycles. The summed E-state index contributed by atoms with van der Waals surface area (Å²) in [6, 6.07) is 27.3. The Kier molecular flexibility index (Phi) is 6.87. The standard InChI is InChI=1S/C52H46N4O/c1-52(2,3)38-31-32-53-50(33-38)56-47-27-13-11-23-44(47)45-30-29-41(35-49(45)56)57-40-22-15-21-39(34-40)54-46-26-12-14-28-48(46)55(4)51-42(36-17-7-5-8-18-36)24-16-25-43(51)37-19-9-6-10-20-37/h5-28,30-35,41,54H,29H2,1-4H3/i5D,6D,7D,8D,9D,10D,17D,18D,19D,20D. The first-order chi connectivity index (χ1) is 32.0. The van der Waals surface area contributed by atoms with Gasteiger partial charge in [0.25, 0.3) is 0 Å². The first-order valence-electron chi connectivity index (χ1n) is 23.9. The molecule has 2 aromatic heterocycles. The zero-order chi connectivity index (χ0) is 47.6. The Morgan fingerprint density at radius 3 is 2.19 bits per heavy atom. The van der Waals surface area contributed by atoms with Crippen LogP contribution in [0.3, 0.4) is 0 Å². The smallest absolute Gasteiger partial charge is 0.137 e. The fraction of sp³-hybridized carbons (Fsp3) is 0.135. The number of rotatable bonds is 9. The Balaban J connectivity index is 1.11. The maximum atomic E-state index is 8.93. The second-order valence-electron chi connectivity index (χ2n) is 15.0. The Labute approximate surface area is 348 Å². The van der Waals surface area contributed by atoms with Gasteiger partial charge in [-0.15, -0.1) is 0 Å². The minimum atomic E-state index is -0.553. The van der Waals surface area contributed by atoms with Gasteiger partial charge in [-0.2, -0.15) is 0 Å². The number of nitrogens with one attached hydrogen (secondary N) is 1. The van der Waals surface area contributed by atoms with Gasteiger partial charge in [0, 0.05) is 53.2 Å². The molecule has 1 aliphatic rings. The summed E-state index contributed by atoms with van der Waals surface area (Å²) >= 11 is 0. The summed E-state index contributed by atoms with van der Waals surface area (Å²) in [5.74, 6) is 1.46. The van der Waals surface area contributed by atoms with Crippen molar-refractivity contribution in [1.82, 2.24) is 9.55 Å². The van der Waals surface area contributed by atoms with Gasteiger partial charge in [0.05, 0.1) is 41.6 Å². The van der Waals surface area contributed by atoms with Crippen LogP contribution in [0.1, 0.15) is 46.5 Å². The lowest BCUT2D eigenvalue weighted by atomic mass is 9.88. The quantitative estimate of drug-likeness (QED) is 0.159. The van der Waals surface area contributed by atoms with Crippen molar-refractivity contribution in [3.63, 3.8) is 0 Å². The molecule has 5 nitrogen and oxygen atoms in total. The van der Waals surface area contributed by atoms with Crippen LogP contribution in [0, 0.1) is 0 Å². The third-order valence-electron chi connectivity index (χ3n) is 10.3. The summed E-state index contributed by atoms with van der Waals surface area (Å²) in [5.41, 5.74) is 4.52. The molecule has 5 heteroatoms. The third kappa shape index (κ3) is 7.09. The molecule has 0 saturated carbocycles. The van der Waals surface area contributed by atoms with E-state index in [-0.39, 0.29) is 39.5 Å². The summed E-state index contributed by atoms with van der Waals surface area (Å²) < 4.78 is 95.2. The highest BCUT2D eigenvalue weighted by Gasteiger charge is 2.21. The van der Waals surface area contributed by atoms with Crippen molar-refractivity contribution < 1.29 is 18.4 Å². The topological polar surface area (TPSA) is 42.3 Å². The first-order valence-corrected chi connectivity index (χ1v) is 18.9. The maximum Gasteiger partial charge on any atom is 0.137 e. The number of aromatic nitrogens is 2. The third-order valence-corrected chi connectivity index (χ3v) is 10.3. The van der Waals surface area contributed by atoms with Crippen LogP contribution in [0.25, 0.3) is 51.1 Å². The molecule has 2 heterocycles. The molecule has 1 atom stereocenters. The van der Waals surface area contributed by atoms with E-state index in [0.717, 1.165) is 27.3 Å². The average Bonchev–Trinajstić information content (AvgIpc) is 3.65. The van der Waals surface area contributed by atoms with Crippen molar-refractivity contribution in [2.24, 2.45) is 0 Å². The van der Waals surface area contributed by atoms with Gasteiger partial charge in [-0.05, 0) is 70.6 Å².